The lowest BCUT2D eigenvalue weighted by Crippen LogP contribution is -2.33. The predicted octanol–water partition coefficient (Wildman–Crippen LogP) is 3.28. The number of hydrogen-bond acceptors (Lipinski definition) is 4. The van der Waals surface area contributed by atoms with Crippen LogP contribution in [0.3, 0.4) is 0 Å². The SMILES string of the molecule is CCCN(CCC)C(=O)c1cncc(C(=O)NCc2ccccc2OC)c1. The third kappa shape index (κ3) is 5.54. The van der Waals surface area contributed by atoms with E-state index in [1.165, 1.54) is 12.4 Å². The summed E-state index contributed by atoms with van der Waals surface area (Å²) in [6.07, 6.45) is 4.76. The fourth-order valence-corrected chi connectivity index (χ4v) is 2.84. The molecule has 27 heavy (non-hydrogen) atoms. The van der Waals surface area contributed by atoms with Crippen molar-refractivity contribution in [3.8, 4) is 5.75 Å². The highest BCUT2D eigenvalue weighted by Crippen LogP contribution is 2.17. The number of hydrogen-bond donors (Lipinski definition) is 1. The van der Waals surface area contributed by atoms with Gasteiger partial charge in [-0.05, 0) is 25.0 Å². The molecule has 6 nitrogen and oxygen atoms in total. The Morgan fingerprint density at radius 3 is 2.41 bits per heavy atom. The minimum absolute atomic E-state index is 0.0921. The second-order valence-corrected chi connectivity index (χ2v) is 6.25. The largest absolute Gasteiger partial charge is 0.496 e. The highest BCUT2D eigenvalue weighted by Gasteiger charge is 2.17. The zero-order valence-electron chi connectivity index (χ0n) is 16.2. The Morgan fingerprint density at radius 1 is 1.07 bits per heavy atom. The van der Waals surface area contributed by atoms with Crippen LogP contribution in [-0.4, -0.2) is 41.9 Å². The van der Waals surface area contributed by atoms with Crippen LogP contribution in [0.15, 0.2) is 42.7 Å². The zero-order chi connectivity index (χ0) is 19.6. The Labute approximate surface area is 160 Å². The molecular weight excluding hydrogens is 342 g/mol. The van der Waals surface area contributed by atoms with Gasteiger partial charge in [0.2, 0.25) is 0 Å². The Kier molecular flexibility index (Phi) is 7.79. The van der Waals surface area contributed by atoms with Crippen molar-refractivity contribution < 1.29 is 14.3 Å². The van der Waals surface area contributed by atoms with Gasteiger partial charge in [-0.1, -0.05) is 32.0 Å². The second kappa shape index (κ2) is 10.3. The van der Waals surface area contributed by atoms with Gasteiger partial charge in [-0.15, -0.1) is 0 Å². The first kappa shape index (κ1) is 20.4. The molecule has 2 aromatic rings. The molecule has 1 aromatic carbocycles. The van der Waals surface area contributed by atoms with Crippen LogP contribution in [0.4, 0.5) is 0 Å². The van der Waals surface area contributed by atoms with Crippen LogP contribution < -0.4 is 10.1 Å². The van der Waals surface area contributed by atoms with Gasteiger partial charge >= 0.3 is 0 Å². The molecule has 0 aliphatic carbocycles. The van der Waals surface area contributed by atoms with Gasteiger partial charge in [0.15, 0.2) is 0 Å². The lowest BCUT2D eigenvalue weighted by atomic mass is 10.1. The number of carbonyl (C=O) groups is 2. The van der Waals surface area contributed by atoms with Crippen LogP contribution >= 0.6 is 0 Å². The lowest BCUT2D eigenvalue weighted by Gasteiger charge is -2.21. The Bertz CT molecular complexity index is 771. The Hall–Kier alpha value is -2.89. The lowest BCUT2D eigenvalue weighted by molar-refractivity contribution is 0.0755. The van der Waals surface area contributed by atoms with E-state index in [0.29, 0.717) is 30.8 Å². The summed E-state index contributed by atoms with van der Waals surface area (Å²) in [4.78, 5) is 31.1. The quantitative estimate of drug-likeness (QED) is 0.736. The molecule has 0 radical (unpaired) electrons. The zero-order valence-corrected chi connectivity index (χ0v) is 16.2. The van der Waals surface area contributed by atoms with E-state index in [0.717, 1.165) is 24.2 Å². The molecule has 0 saturated heterocycles. The highest BCUT2D eigenvalue weighted by atomic mass is 16.5. The van der Waals surface area contributed by atoms with Crippen LogP contribution in [0.2, 0.25) is 0 Å². The standard InChI is InChI=1S/C21H27N3O3/c1-4-10-24(11-5-2)21(26)18-12-17(13-22-14-18)20(25)23-15-16-8-6-7-9-19(16)27-3/h6-9,12-14H,4-5,10-11,15H2,1-3H3,(H,23,25). The molecule has 0 saturated carbocycles. The van der Waals surface area contributed by atoms with Gasteiger partial charge < -0.3 is 15.0 Å². The van der Waals surface area contributed by atoms with Crippen LogP contribution in [0.1, 0.15) is 53.0 Å². The molecule has 1 heterocycles. The van der Waals surface area contributed by atoms with Crippen molar-refractivity contribution in [1.29, 1.82) is 0 Å². The molecule has 0 aliphatic rings. The monoisotopic (exact) mass is 369 g/mol. The van der Waals surface area contributed by atoms with E-state index in [4.69, 9.17) is 4.74 Å². The molecule has 2 rings (SSSR count). The van der Waals surface area contributed by atoms with E-state index in [2.05, 4.69) is 10.3 Å². The molecule has 0 atom stereocenters. The Morgan fingerprint density at radius 2 is 1.74 bits per heavy atom. The molecule has 0 fully saturated rings. The average Bonchev–Trinajstić information content (AvgIpc) is 2.71. The normalized spacial score (nSPS) is 10.3. The molecule has 1 N–H and O–H groups in total. The molecule has 144 valence electrons. The van der Waals surface area contributed by atoms with E-state index < -0.39 is 0 Å². The van der Waals surface area contributed by atoms with Crippen molar-refractivity contribution in [3.05, 3.63) is 59.4 Å². The number of benzene rings is 1. The van der Waals surface area contributed by atoms with Gasteiger partial charge in [-0.3, -0.25) is 14.6 Å². The third-order valence-corrected chi connectivity index (χ3v) is 4.15. The summed E-state index contributed by atoms with van der Waals surface area (Å²) >= 11 is 0. The van der Waals surface area contributed by atoms with Crippen LogP contribution in [0.25, 0.3) is 0 Å². The number of nitrogens with one attached hydrogen (secondary N) is 1. The van der Waals surface area contributed by atoms with E-state index >= 15 is 0 Å². The topological polar surface area (TPSA) is 71.5 Å². The first-order valence-corrected chi connectivity index (χ1v) is 9.25. The van der Waals surface area contributed by atoms with Crippen molar-refractivity contribution in [3.63, 3.8) is 0 Å². The van der Waals surface area contributed by atoms with Gasteiger partial charge in [0.25, 0.3) is 11.8 Å². The fraction of sp³-hybridized carbons (Fsp3) is 0.381. The number of nitrogens with zero attached hydrogens (tertiary/aromatic N) is 2. The Balaban J connectivity index is 2.09. The van der Waals surface area contributed by atoms with Gasteiger partial charge in [-0.2, -0.15) is 0 Å². The molecule has 2 amide bonds. The molecule has 6 heteroatoms. The van der Waals surface area contributed by atoms with E-state index in [-0.39, 0.29) is 11.8 Å². The minimum Gasteiger partial charge on any atom is -0.496 e. The van der Waals surface area contributed by atoms with E-state index in [9.17, 15) is 9.59 Å². The van der Waals surface area contributed by atoms with Crippen molar-refractivity contribution in [1.82, 2.24) is 15.2 Å². The van der Waals surface area contributed by atoms with Crippen LogP contribution in [-0.2, 0) is 6.54 Å². The summed E-state index contributed by atoms with van der Waals surface area (Å²) in [5.74, 6) is 0.348. The number of para-hydroxylation sites is 1. The number of ether oxygens (including phenoxy) is 1. The van der Waals surface area contributed by atoms with Gasteiger partial charge in [0.05, 0.1) is 18.2 Å². The summed E-state index contributed by atoms with van der Waals surface area (Å²) in [6, 6.07) is 9.11. The number of pyridine rings is 1. The molecular formula is C21H27N3O3. The second-order valence-electron chi connectivity index (χ2n) is 6.25. The van der Waals surface area contributed by atoms with E-state index in [1.54, 1.807) is 18.1 Å². The summed E-state index contributed by atoms with van der Waals surface area (Å²) in [7, 11) is 1.60. The van der Waals surface area contributed by atoms with Gasteiger partial charge in [0, 0.05) is 37.6 Å². The summed E-state index contributed by atoms with van der Waals surface area (Å²) < 4.78 is 5.29. The number of carbonyl (C=O) groups excluding carboxylic acids is 2. The van der Waals surface area contributed by atoms with Crippen molar-refractivity contribution in [2.24, 2.45) is 0 Å². The van der Waals surface area contributed by atoms with Crippen LogP contribution in [0, 0.1) is 0 Å². The number of aromatic nitrogens is 1. The maximum absolute atomic E-state index is 12.7. The molecule has 0 spiro atoms. The average molecular weight is 369 g/mol. The number of rotatable bonds is 9. The van der Waals surface area contributed by atoms with Gasteiger partial charge in [0.1, 0.15) is 5.75 Å². The summed E-state index contributed by atoms with van der Waals surface area (Å²) in [5, 5.41) is 2.85. The van der Waals surface area contributed by atoms with Crippen molar-refractivity contribution in [2.45, 2.75) is 33.2 Å². The summed E-state index contributed by atoms with van der Waals surface area (Å²) in [6.45, 7) is 5.79. The fourth-order valence-electron chi connectivity index (χ4n) is 2.84. The number of amides is 2. The van der Waals surface area contributed by atoms with Crippen molar-refractivity contribution in [2.75, 3.05) is 20.2 Å². The molecule has 0 bridgehead atoms. The smallest absolute Gasteiger partial charge is 0.255 e. The van der Waals surface area contributed by atoms with Crippen LogP contribution in [0.5, 0.6) is 5.75 Å². The molecule has 0 unspecified atom stereocenters. The maximum Gasteiger partial charge on any atom is 0.255 e. The predicted molar refractivity (Wildman–Crippen MR) is 105 cm³/mol. The molecule has 0 aliphatic heterocycles. The maximum atomic E-state index is 12.7. The van der Waals surface area contributed by atoms with Gasteiger partial charge in [-0.25, -0.2) is 0 Å². The summed E-state index contributed by atoms with van der Waals surface area (Å²) in [5.41, 5.74) is 1.68. The van der Waals surface area contributed by atoms with E-state index in [1.807, 2.05) is 38.1 Å². The first-order valence-electron chi connectivity index (χ1n) is 9.25. The first-order chi connectivity index (χ1) is 13.1. The molecule has 1 aromatic heterocycles. The third-order valence-electron chi connectivity index (χ3n) is 4.15. The number of methoxy groups -OCH3 is 1. The minimum atomic E-state index is -0.277. The van der Waals surface area contributed by atoms with Crippen molar-refractivity contribution >= 4 is 11.8 Å². The highest BCUT2D eigenvalue weighted by molar-refractivity contribution is 5.99.